The number of nitrogens with zero attached hydrogens (tertiary/aromatic N) is 2. The molecular weight excluding hydrogens is 310 g/mol. The molecule has 110 valence electrons. The number of nitrogens with one attached hydrogen (secondary N) is 1. The lowest BCUT2D eigenvalue weighted by Gasteiger charge is -2.19. The maximum Gasteiger partial charge on any atom is 0.327 e. The third-order valence-corrected chi connectivity index (χ3v) is 5.04. The minimum Gasteiger partial charge on any atom is -0.480 e. The summed E-state index contributed by atoms with van der Waals surface area (Å²) >= 11 is 2.99. The first-order valence-corrected chi connectivity index (χ1v) is 8.32. The zero-order valence-electron chi connectivity index (χ0n) is 11.2. The second-order valence-corrected chi connectivity index (χ2v) is 6.74. The molecule has 1 aliphatic rings. The monoisotopic (exact) mass is 323 g/mol. The van der Waals surface area contributed by atoms with Crippen molar-refractivity contribution in [1.82, 2.24) is 14.9 Å². The predicted molar refractivity (Wildman–Crippen MR) is 81.6 cm³/mol. The summed E-state index contributed by atoms with van der Waals surface area (Å²) in [5.41, 5.74) is 2.05. The molecule has 3 rings (SSSR count). The van der Waals surface area contributed by atoms with Crippen molar-refractivity contribution in [3.05, 3.63) is 28.3 Å². The van der Waals surface area contributed by atoms with E-state index in [4.69, 9.17) is 5.11 Å². The minimum atomic E-state index is -0.963. The van der Waals surface area contributed by atoms with E-state index in [9.17, 15) is 9.59 Å². The van der Waals surface area contributed by atoms with Gasteiger partial charge < -0.3 is 15.0 Å². The first kappa shape index (κ1) is 14.2. The number of H-pyrrole nitrogens is 1. The lowest BCUT2D eigenvalue weighted by atomic mass is 10.2. The highest BCUT2D eigenvalue weighted by atomic mass is 32.2. The van der Waals surface area contributed by atoms with Crippen LogP contribution in [0.25, 0.3) is 11.3 Å². The number of carbonyl (C=O) groups excluding carboxylic acids is 1. The average Bonchev–Trinajstić information content (AvgIpc) is 3.17. The third kappa shape index (κ3) is 2.68. The van der Waals surface area contributed by atoms with Gasteiger partial charge in [0.05, 0.1) is 16.6 Å². The number of thioether (sulfide) groups is 1. The fourth-order valence-corrected chi connectivity index (χ4v) is 3.93. The Bertz CT molecular complexity index is 694. The summed E-state index contributed by atoms with van der Waals surface area (Å²) in [6.07, 6.45) is 1.72. The number of rotatable bonds is 3. The Morgan fingerprint density at radius 1 is 1.52 bits per heavy atom. The highest BCUT2D eigenvalue weighted by Gasteiger charge is 2.35. The van der Waals surface area contributed by atoms with Crippen molar-refractivity contribution >= 4 is 35.0 Å². The van der Waals surface area contributed by atoms with Crippen LogP contribution in [0.15, 0.2) is 17.6 Å². The summed E-state index contributed by atoms with van der Waals surface area (Å²) in [6, 6.07) is 0.967. The predicted octanol–water partition coefficient (Wildman–Crippen LogP) is 2.05. The highest BCUT2D eigenvalue weighted by molar-refractivity contribution is 7.99. The molecule has 1 saturated heterocycles. The van der Waals surface area contributed by atoms with Crippen molar-refractivity contribution in [1.29, 1.82) is 0 Å². The molecule has 2 N–H and O–H groups in total. The molecule has 21 heavy (non-hydrogen) atoms. The molecule has 1 aliphatic heterocycles. The number of carboxylic acid groups (broad SMARTS) is 1. The number of aryl methyl sites for hydroxylation is 1. The zero-order chi connectivity index (χ0) is 15.0. The van der Waals surface area contributed by atoms with E-state index in [0.29, 0.717) is 17.3 Å². The van der Waals surface area contributed by atoms with Crippen LogP contribution in [-0.4, -0.2) is 49.5 Å². The molecule has 2 aromatic rings. The number of carboxylic acids is 1. The van der Waals surface area contributed by atoms with Gasteiger partial charge >= 0.3 is 5.97 Å². The Hall–Kier alpha value is -1.80. The molecule has 2 aromatic heterocycles. The van der Waals surface area contributed by atoms with Gasteiger partial charge in [-0.15, -0.1) is 23.1 Å². The zero-order valence-corrected chi connectivity index (χ0v) is 12.8. The molecule has 0 aliphatic carbocycles. The van der Waals surface area contributed by atoms with Crippen molar-refractivity contribution in [3.8, 4) is 11.3 Å². The largest absolute Gasteiger partial charge is 0.480 e. The molecule has 1 atom stereocenters. The molecule has 8 heteroatoms. The van der Waals surface area contributed by atoms with Crippen molar-refractivity contribution < 1.29 is 14.7 Å². The Morgan fingerprint density at radius 3 is 3.00 bits per heavy atom. The molecule has 1 amide bonds. The summed E-state index contributed by atoms with van der Waals surface area (Å²) in [4.78, 5) is 32.2. The topological polar surface area (TPSA) is 86.3 Å². The van der Waals surface area contributed by atoms with E-state index in [1.165, 1.54) is 16.7 Å². The molecule has 0 radical (unpaired) electrons. The van der Waals surface area contributed by atoms with E-state index in [-0.39, 0.29) is 5.91 Å². The molecule has 6 nitrogen and oxygen atoms in total. The highest BCUT2D eigenvalue weighted by Crippen LogP contribution is 2.26. The van der Waals surface area contributed by atoms with Crippen LogP contribution in [-0.2, 0) is 4.79 Å². The first-order valence-electron chi connectivity index (χ1n) is 6.28. The number of aliphatic carboxylic acids is 1. The van der Waals surface area contributed by atoms with Crippen LogP contribution < -0.4 is 0 Å². The maximum atomic E-state index is 12.4. The maximum absolute atomic E-state index is 12.4. The van der Waals surface area contributed by atoms with Crippen LogP contribution in [0.5, 0.6) is 0 Å². The summed E-state index contributed by atoms with van der Waals surface area (Å²) in [5.74, 6) is -0.416. The number of aromatic amines is 1. The Balaban J connectivity index is 1.83. The Labute approximate surface area is 129 Å². The first-order chi connectivity index (χ1) is 10.1. The van der Waals surface area contributed by atoms with Crippen LogP contribution in [0.4, 0.5) is 0 Å². The van der Waals surface area contributed by atoms with Crippen molar-refractivity contribution in [3.63, 3.8) is 0 Å². The Morgan fingerprint density at radius 2 is 2.33 bits per heavy atom. The molecule has 0 spiro atoms. The van der Waals surface area contributed by atoms with Gasteiger partial charge in [-0.25, -0.2) is 9.78 Å². The minimum absolute atomic E-state index is 0.286. The smallest absolute Gasteiger partial charge is 0.327 e. The van der Waals surface area contributed by atoms with Gasteiger partial charge in [0.15, 0.2) is 0 Å². The van der Waals surface area contributed by atoms with Crippen molar-refractivity contribution in [2.24, 2.45) is 0 Å². The summed E-state index contributed by atoms with van der Waals surface area (Å²) in [5, 5.41) is 12.0. The van der Waals surface area contributed by atoms with Crippen LogP contribution >= 0.6 is 23.1 Å². The SMILES string of the molecule is Cc1nc(-c2c[nH]c(C(=O)N3CSCC3C(=O)O)c2)cs1. The quantitative estimate of drug-likeness (QED) is 0.903. The summed E-state index contributed by atoms with van der Waals surface area (Å²) in [7, 11) is 0. The van der Waals surface area contributed by atoms with E-state index in [2.05, 4.69) is 9.97 Å². The lowest BCUT2D eigenvalue weighted by molar-refractivity contribution is -0.140. The van der Waals surface area contributed by atoms with Gasteiger partial charge in [-0.3, -0.25) is 4.79 Å². The third-order valence-electron chi connectivity index (χ3n) is 3.26. The van der Waals surface area contributed by atoms with E-state index in [1.54, 1.807) is 23.6 Å². The lowest BCUT2D eigenvalue weighted by Crippen LogP contribution is -2.41. The number of hydrogen-bond acceptors (Lipinski definition) is 5. The second-order valence-electron chi connectivity index (χ2n) is 4.68. The molecular formula is C13H13N3O3S2. The van der Waals surface area contributed by atoms with Crippen molar-refractivity contribution in [2.75, 3.05) is 11.6 Å². The van der Waals surface area contributed by atoms with Crippen LogP contribution in [0.1, 0.15) is 15.5 Å². The Kier molecular flexibility index (Phi) is 3.73. The molecule has 0 bridgehead atoms. The fourth-order valence-electron chi connectivity index (χ4n) is 2.16. The second kappa shape index (κ2) is 5.53. The van der Waals surface area contributed by atoms with Gasteiger partial charge in [0, 0.05) is 22.9 Å². The molecule has 3 heterocycles. The van der Waals surface area contributed by atoms with Gasteiger partial charge in [0.1, 0.15) is 11.7 Å². The van der Waals surface area contributed by atoms with E-state index in [1.807, 2.05) is 12.3 Å². The number of thiazole rings is 1. The van der Waals surface area contributed by atoms with Gasteiger partial charge in [-0.2, -0.15) is 0 Å². The van der Waals surface area contributed by atoms with Gasteiger partial charge in [-0.1, -0.05) is 0 Å². The number of hydrogen-bond donors (Lipinski definition) is 2. The molecule has 1 fully saturated rings. The number of aromatic nitrogens is 2. The van der Waals surface area contributed by atoms with E-state index < -0.39 is 12.0 Å². The van der Waals surface area contributed by atoms with E-state index >= 15 is 0 Å². The van der Waals surface area contributed by atoms with Crippen LogP contribution in [0.2, 0.25) is 0 Å². The van der Waals surface area contributed by atoms with Gasteiger partial charge in [0.2, 0.25) is 0 Å². The van der Waals surface area contributed by atoms with E-state index in [0.717, 1.165) is 16.3 Å². The van der Waals surface area contributed by atoms with Crippen LogP contribution in [0.3, 0.4) is 0 Å². The molecule has 0 saturated carbocycles. The number of carbonyl (C=O) groups is 2. The van der Waals surface area contributed by atoms with Gasteiger partial charge in [-0.05, 0) is 13.0 Å². The molecule has 1 unspecified atom stereocenters. The number of amides is 1. The summed E-state index contributed by atoms with van der Waals surface area (Å²) < 4.78 is 0. The molecule has 0 aromatic carbocycles. The fraction of sp³-hybridized carbons (Fsp3) is 0.308. The normalized spacial score (nSPS) is 18.1. The van der Waals surface area contributed by atoms with Crippen LogP contribution in [0, 0.1) is 6.92 Å². The van der Waals surface area contributed by atoms with Crippen molar-refractivity contribution in [2.45, 2.75) is 13.0 Å². The van der Waals surface area contributed by atoms with Gasteiger partial charge in [0.25, 0.3) is 5.91 Å². The average molecular weight is 323 g/mol. The summed E-state index contributed by atoms with van der Waals surface area (Å²) in [6.45, 7) is 1.92. The standard InChI is InChI=1S/C13H13N3O3S2/c1-7-15-10(4-21-7)8-2-9(14-3-8)12(17)16-6-20-5-11(16)13(18)19/h2-4,11,14H,5-6H2,1H3,(H,18,19).